The molecule has 0 unspecified atom stereocenters. The number of esters is 1. The highest BCUT2D eigenvalue weighted by Gasteiger charge is 2.18. The molecule has 1 rings (SSSR count). The molecule has 0 spiro atoms. The SMILES string of the molecule is CC(C)CN(CC(C)C)C(=O)COC(=O)CNC(=O)c1cccc(Br)c1. The quantitative estimate of drug-likeness (QED) is 0.615. The third kappa shape index (κ3) is 8.47. The van der Waals surface area contributed by atoms with Crippen molar-refractivity contribution in [2.24, 2.45) is 11.8 Å². The van der Waals surface area contributed by atoms with Crippen LogP contribution in [0.2, 0.25) is 0 Å². The molecule has 2 amide bonds. The van der Waals surface area contributed by atoms with E-state index < -0.39 is 5.97 Å². The number of hydrogen-bond donors (Lipinski definition) is 1. The van der Waals surface area contributed by atoms with Crippen LogP contribution in [0.1, 0.15) is 38.1 Å². The van der Waals surface area contributed by atoms with Crippen molar-refractivity contribution in [1.29, 1.82) is 0 Å². The largest absolute Gasteiger partial charge is 0.454 e. The van der Waals surface area contributed by atoms with Crippen molar-refractivity contribution in [1.82, 2.24) is 10.2 Å². The van der Waals surface area contributed by atoms with E-state index in [9.17, 15) is 14.4 Å². The molecule has 144 valence electrons. The Morgan fingerprint density at radius 2 is 1.73 bits per heavy atom. The van der Waals surface area contributed by atoms with E-state index in [4.69, 9.17) is 4.74 Å². The minimum Gasteiger partial charge on any atom is -0.454 e. The number of benzene rings is 1. The van der Waals surface area contributed by atoms with Gasteiger partial charge in [0.2, 0.25) is 0 Å². The van der Waals surface area contributed by atoms with Gasteiger partial charge in [0.25, 0.3) is 11.8 Å². The fourth-order valence-electron chi connectivity index (χ4n) is 2.33. The van der Waals surface area contributed by atoms with Crippen molar-refractivity contribution in [3.05, 3.63) is 34.3 Å². The van der Waals surface area contributed by atoms with E-state index in [0.717, 1.165) is 4.47 Å². The van der Waals surface area contributed by atoms with Crippen LogP contribution in [0.4, 0.5) is 0 Å². The number of carbonyl (C=O) groups excluding carboxylic acids is 3. The fourth-order valence-corrected chi connectivity index (χ4v) is 2.73. The van der Waals surface area contributed by atoms with E-state index in [1.165, 1.54) is 0 Å². The highest BCUT2D eigenvalue weighted by molar-refractivity contribution is 9.10. The smallest absolute Gasteiger partial charge is 0.325 e. The molecule has 0 saturated carbocycles. The third-order valence-corrected chi connectivity index (χ3v) is 3.85. The number of hydrogen-bond acceptors (Lipinski definition) is 4. The van der Waals surface area contributed by atoms with E-state index in [1.54, 1.807) is 29.2 Å². The van der Waals surface area contributed by atoms with Crippen molar-refractivity contribution in [2.75, 3.05) is 26.2 Å². The standard InChI is InChI=1S/C19H27BrN2O4/c1-13(2)10-22(11-14(3)4)17(23)12-26-18(24)9-21-19(25)15-6-5-7-16(20)8-15/h5-8,13-14H,9-12H2,1-4H3,(H,21,25). The maximum Gasteiger partial charge on any atom is 0.325 e. The zero-order chi connectivity index (χ0) is 19.7. The van der Waals surface area contributed by atoms with Gasteiger partial charge < -0.3 is 15.0 Å². The van der Waals surface area contributed by atoms with E-state index in [1.807, 2.05) is 27.7 Å². The summed E-state index contributed by atoms with van der Waals surface area (Å²) >= 11 is 3.28. The van der Waals surface area contributed by atoms with Gasteiger partial charge in [0.1, 0.15) is 6.54 Å². The molecule has 0 aliphatic rings. The predicted octanol–water partition coefficient (Wildman–Crippen LogP) is 2.86. The highest BCUT2D eigenvalue weighted by Crippen LogP contribution is 2.11. The Balaban J connectivity index is 2.44. The molecule has 26 heavy (non-hydrogen) atoms. The van der Waals surface area contributed by atoms with Gasteiger partial charge >= 0.3 is 5.97 Å². The van der Waals surface area contributed by atoms with Crippen molar-refractivity contribution >= 4 is 33.7 Å². The van der Waals surface area contributed by atoms with Crippen molar-refractivity contribution < 1.29 is 19.1 Å². The fraction of sp³-hybridized carbons (Fsp3) is 0.526. The molecule has 7 heteroatoms. The first-order valence-electron chi connectivity index (χ1n) is 8.66. The van der Waals surface area contributed by atoms with Gasteiger partial charge in [0.15, 0.2) is 6.61 Å². The number of amides is 2. The summed E-state index contributed by atoms with van der Waals surface area (Å²) in [5.41, 5.74) is 0.434. The summed E-state index contributed by atoms with van der Waals surface area (Å²) in [6.07, 6.45) is 0. The molecule has 0 fully saturated rings. The lowest BCUT2D eigenvalue weighted by atomic mass is 10.1. The summed E-state index contributed by atoms with van der Waals surface area (Å²) in [6.45, 7) is 8.77. The van der Waals surface area contributed by atoms with Crippen LogP contribution in [0.3, 0.4) is 0 Å². The van der Waals surface area contributed by atoms with E-state index in [2.05, 4.69) is 21.2 Å². The number of halogens is 1. The summed E-state index contributed by atoms with van der Waals surface area (Å²) in [7, 11) is 0. The van der Waals surface area contributed by atoms with Crippen LogP contribution in [-0.2, 0) is 14.3 Å². The van der Waals surface area contributed by atoms with Crippen LogP contribution >= 0.6 is 15.9 Å². The third-order valence-electron chi connectivity index (χ3n) is 3.36. The minimum atomic E-state index is -0.643. The molecule has 6 nitrogen and oxygen atoms in total. The highest BCUT2D eigenvalue weighted by atomic mass is 79.9. The number of rotatable bonds is 9. The summed E-state index contributed by atoms with van der Waals surface area (Å²) in [5.74, 6) is -0.582. The lowest BCUT2D eigenvalue weighted by molar-refractivity contribution is -0.151. The van der Waals surface area contributed by atoms with Crippen LogP contribution in [-0.4, -0.2) is 48.9 Å². The van der Waals surface area contributed by atoms with Gasteiger partial charge in [-0.2, -0.15) is 0 Å². The second-order valence-electron chi connectivity index (χ2n) is 6.94. The van der Waals surface area contributed by atoms with Crippen LogP contribution in [0.5, 0.6) is 0 Å². The summed E-state index contributed by atoms with van der Waals surface area (Å²) in [6, 6.07) is 6.83. The molecule has 0 aromatic heterocycles. The number of nitrogens with zero attached hydrogens (tertiary/aromatic N) is 1. The summed E-state index contributed by atoms with van der Waals surface area (Å²) in [5, 5.41) is 2.48. The van der Waals surface area contributed by atoms with Gasteiger partial charge in [0, 0.05) is 23.1 Å². The monoisotopic (exact) mass is 426 g/mol. The van der Waals surface area contributed by atoms with Gasteiger partial charge in [-0.15, -0.1) is 0 Å². The van der Waals surface area contributed by atoms with E-state index in [0.29, 0.717) is 30.5 Å². The Morgan fingerprint density at radius 3 is 2.27 bits per heavy atom. The topological polar surface area (TPSA) is 75.7 Å². The molecule has 1 aromatic carbocycles. The Hall–Kier alpha value is -1.89. The lowest BCUT2D eigenvalue weighted by Crippen LogP contribution is -2.40. The second-order valence-corrected chi connectivity index (χ2v) is 7.86. The van der Waals surface area contributed by atoms with Gasteiger partial charge in [-0.25, -0.2) is 0 Å². The molecule has 0 saturated heterocycles. The lowest BCUT2D eigenvalue weighted by Gasteiger charge is -2.26. The summed E-state index contributed by atoms with van der Waals surface area (Å²) < 4.78 is 5.78. The number of carbonyl (C=O) groups is 3. The van der Waals surface area contributed by atoms with Gasteiger partial charge in [-0.1, -0.05) is 49.7 Å². The second kappa shape index (κ2) is 11.0. The van der Waals surface area contributed by atoms with Crippen molar-refractivity contribution in [3.8, 4) is 0 Å². The molecule has 0 radical (unpaired) electrons. The van der Waals surface area contributed by atoms with Gasteiger partial charge in [-0.3, -0.25) is 14.4 Å². The zero-order valence-electron chi connectivity index (χ0n) is 15.8. The average molecular weight is 427 g/mol. The Bertz CT molecular complexity index is 622. The first-order chi connectivity index (χ1) is 12.2. The molecular weight excluding hydrogens is 400 g/mol. The molecule has 0 atom stereocenters. The first kappa shape index (κ1) is 22.2. The molecule has 0 bridgehead atoms. The van der Waals surface area contributed by atoms with Gasteiger partial charge in [-0.05, 0) is 30.0 Å². The van der Waals surface area contributed by atoms with Crippen LogP contribution in [0.25, 0.3) is 0 Å². The first-order valence-corrected chi connectivity index (χ1v) is 9.45. The van der Waals surface area contributed by atoms with E-state index >= 15 is 0 Å². The van der Waals surface area contributed by atoms with Crippen LogP contribution in [0.15, 0.2) is 28.7 Å². The molecular formula is C19H27BrN2O4. The summed E-state index contributed by atoms with van der Waals surface area (Å²) in [4.78, 5) is 37.8. The number of nitrogens with one attached hydrogen (secondary N) is 1. The van der Waals surface area contributed by atoms with Gasteiger partial charge in [0.05, 0.1) is 0 Å². The predicted molar refractivity (Wildman–Crippen MR) is 104 cm³/mol. The molecule has 0 heterocycles. The maximum absolute atomic E-state index is 12.3. The van der Waals surface area contributed by atoms with Crippen molar-refractivity contribution in [2.45, 2.75) is 27.7 Å². The average Bonchev–Trinajstić information content (AvgIpc) is 2.56. The molecule has 0 aliphatic heterocycles. The van der Waals surface area contributed by atoms with Crippen LogP contribution < -0.4 is 5.32 Å². The maximum atomic E-state index is 12.3. The molecule has 1 aromatic rings. The number of ether oxygens (including phenoxy) is 1. The Kier molecular flexibility index (Phi) is 9.34. The normalized spacial score (nSPS) is 10.7. The van der Waals surface area contributed by atoms with Crippen LogP contribution in [0, 0.1) is 11.8 Å². The molecule has 0 aliphatic carbocycles. The Labute approximate surface area is 163 Å². The minimum absolute atomic E-state index is 0.223. The zero-order valence-corrected chi connectivity index (χ0v) is 17.3. The van der Waals surface area contributed by atoms with E-state index in [-0.39, 0.29) is 25.0 Å². The van der Waals surface area contributed by atoms with Crippen molar-refractivity contribution in [3.63, 3.8) is 0 Å². The molecule has 1 N–H and O–H groups in total. The Morgan fingerprint density at radius 1 is 1.12 bits per heavy atom.